The minimum absolute atomic E-state index is 0.217. The Morgan fingerprint density at radius 3 is 2.79 bits per heavy atom. The number of benzene rings is 1. The zero-order chi connectivity index (χ0) is 20.1. The van der Waals surface area contributed by atoms with E-state index in [4.69, 9.17) is 0 Å². The van der Waals surface area contributed by atoms with Crippen molar-refractivity contribution in [3.8, 4) is 17.0 Å². The van der Waals surface area contributed by atoms with Crippen molar-refractivity contribution >= 4 is 27.5 Å². The van der Waals surface area contributed by atoms with E-state index in [2.05, 4.69) is 31.3 Å². The monoisotopic (exact) mass is 388 g/mol. The van der Waals surface area contributed by atoms with E-state index in [0.717, 1.165) is 52.6 Å². The van der Waals surface area contributed by atoms with E-state index in [0.29, 0.717) is 17.3 Å². The molecule has 0 bridgehead atoms. The topological polar surface area (TPSA) is 79.1 Å². The molecule has 0 spiro atoms. The zero-order valence-corrected chi connectivity index (χ0v) is 16.8. The van der Waals surface area contributed by atoms with Crippen molar-refractivity contribution in [1.82, 2.24) is 25.1 Å². The van der Waals surface area contributed by atoms with Crippen molar-refractivity contribution in [3.63, 3.8) is 0 Å². The number of hydrogen-bond donors (Lipinski definition) is 2. The van der Waals surface area contributed by atoms with Crippen molar-refractivity contribution in [2.75, 3.05) is 25.0 Å². The number of likely N-dealkylation sites (N-methyl/N-ethyl adjacent to an activating group) is 1. The van der Waals surface area contributed by atoms with Gasteiger partial charge < -0.3 is 15.3 Å². The van der Waals surface area contributed by atoms with Crippen molar-refractivity contribution in [2.24, 2.45) is 7.05 Å². The maximum absolute atomic E-state index is 10.7. The predicted molar refractivity (Wildman–Crippen MR) is 115 cm³/mol. The summed E-state index contributed by atoms with van der Waals surface area (Å²) in [6.45, 7) is 3.91. The number of anilines is 1. The molecule has 1 atom stereocenters. The molecule has 1 aromatic carbocycles. The van der Waals surface area contributed by atoms with Gasteiger partial charge in [0.05, 0.1) is 28.6 Å². The predicted octanol–water partition coefficient (Wildman–Crippen LogP) is 3.00. The first kappa shape index (κ1) is 17.9. The summed E-state index contributed by atoms with van der Waals surface area (Å²) >= 11 is 0. The molecule has 7 heteroatoms. The van der Waals surface area contributed by atoms with E-state index in [1.807, 2.05) is 51.7 Å². The van der Waals surface area contributed by atoms with Crippen LogP contribution in [-0.2, 0) is 7.05 Å². The molecule has 1 saturated heterocycles. The van der Waals surface area contributed by atoms with Crippen LogP contribution in [0.5, 0.6) is 5.75 Å². The number of phenolic OH excluding ortho intramolecular Hbond substituents is 1. The number of nitrogens with zero attached hydrogens (tertiary/aromatic N) is 5. The molecule has 0 amide bonds. The quantitative estimate of drug-likeness (QED) is 0.562. The first-order valence-electron chi connectivity index (χ1n) is 9.88. The van der Waals surface area contributed by atoms with E-state index < -0.39 is 0 Å². The fourth-order valence-electron chi connectivity index (χ4n) is 4.20. The molecule has 7 nitrogen and oxygen atoms in total. The van der Waals surface area contributed by atoms with Gasteiger partial charge in [0.2, 0.25) is 0 Å². The first-order valence-corrected chi connectivity index (χ1v) is 9.88. The number of nitrogens with one attached hydrogen (secondary N) is 1. The van der Waals surface area contributed by atoms with Gasteiger partial charge in [-0.15, -0.1) is 0 Å². The number of hydrogen-bond acceptors (Lipinski definition) is 6. The first-order chi connectivity index (χ1) is 14.0. The Kier molecular flexibility index (Phi) is 4.13. The normalized spacial score (nSPS) is 16.9. The summed E-state index contributed by atoms with van der Waals surface area (Å²) in [5.74, 6) is 0.217. The molecule has 4 aromatic rings. The maximum atomic E-state index is 10.7. The number of aromatic nitrogens is 4. The van der Waals surface area contributed by atoms with Gasteiger partial charge in [-0.1, -0.05) is 0 Å². The van der Waals surface area contributed by atoms with Gasteiger partial charge in [-0.2, -0.15) is 5.10 Å². The number of fused-ring (bicyclic) bond motifs is 2. The minimum atomic E-state index is 0.217. The second-order valence-corrected chi connectivity index (χ2v) is 7.81. The lowest BCUT2D eigenvalue weighted by Crippen LogP contribution is -2.29. The fourth-order valence-corrected chi connectivity index (χ4v) is 4.20. The summed E-state index contributed by atoms with van der Waals surface area (Å²) in [4.78, 5) is 11.7. The van der Waals surface area contributed by atoms with Crippen molar-refractivity contribution in [1.29, 1.82) is 0 Å². The summed E-state index contributed by atoms with van der Waals surface area (Å²) in [6.07, 6.45) is 6.86. The molecule has 0 aliphatic carbocycles. The van der Waals surface area contributed by atoms with Crippen LogP contribution >= 0.6 is 0 Å². The Hall–Kier alpha value is -3.19. The molecule has 1 aliphatic heterocycles. The van der Waals surface area contributed by atoms with Crippen LogP contribution in [0.4, 0.5) is 5.69 Å². The molecular formula is C22H24N6O. The van der Waals surface area contributed by atoms with Gasteiger partial charge in [0.1, 0.15) is 5.75 Å². The number of pyridine rings is 2. The number of phenols is 1. The molecule has 5 rings (SSSR count). The molecule has 148 valence electrons. The summed E-state index contributed by atoms with van der Waals surface area (Å²) < 4.78 is 1.76. The van der Waals surface area contributed by atoms with Gasteiger partial charge >= 0.3 is 0 Å². The Morgan fingerprint density at radius 2 is 2.00 bits per heavy atom. The van der Waals surface area contributed by atoms with Crippen LogP contribution in [0, 0.1) is 6.92 Å². The zero-order valence-electron chi connectivity index (χ0n) is 16.8. The Balaban J connectivity index is 1.54. The number of rotatable bonds is 3. The van der Waals surface area contributed by atoms with Crippen molar-refractivity contribution in [3.05, 3.63) is 42.4 Å². The van der Waals surface area contributed by atoms with E-state index in [1.165, 1.54) is 0 Å². The second kappa shape index (κ2) is 6.70. The number of aromatic hydroxyl groups is 1. The van der Waals surface area contributed by atoms with Crippen LogP contribution in [0.2, 0.25) is 0 Å². The van der Waals surface area contributed by atoms with E-state index in [9.17, 15) is 5.11 Å². The van der Waals surface area contributed by atoms with Crippen molar-refractivity contribution < 1.29 is 5.11 Å². The van der Waals surface area contributed by atoms with Gasteiger partial charge in [0.15, 0.2) is 0 Å². The van der Waals surface area contributed by atoms with Crippen molar-refractivity contribution in [2.45, 2.75) is 19.4 Å². The molecule has 3 aromatic heterocycles. The Bertz CT molecular complexity index is 1230. The highest BCUT2D eigenvalue weighted by Gasteiger charge is 2.22. The van der Waals surface area contributed by atoms with Crippen LogP contribution < -0.4 is 10.2 Å². The third-order valence-electron chi connectivity index (χ3n) is 5.91. The lowest BCUT2D eigenvalue weighted by molar-refractivity contribution is 0.474. The SMILES string of the molecule is CN[C@@H]1CCN(c2cnc3cc(-c4cc5cn(C)nc5c(C)c4O)ncc3c2)C1. The van der Waals surface area contributed by atoms with E-state index in [1.54, 1.807) is 4.68 Å². The van der Waals surface area contributed by atoms with Crippen LogP contribution in [0.25, 0.3) is 33.1 Å². The van der Waals surface area contributed by atoms with Gasteiger partial charge in [-0.25, -0.2) is 0 Å². The molecule has 1 aliphatic rings. The minimum Gasteiger partial charge on any atom is -0.507 e. The third-order valence-corrected chi connectivity index (χ3v) is 5.91. The highest BCUT2D eigenvalue weighted by atomic mass is 16.3. The molecular weight excluding hydrogens is 364 g/mol. The maximum Gasteiger partial charge on any atom is 0.130 e. The van der Waals surface area contributed by atoms with Crippen LogP contribution in [0.15, 0.2) is 36.8 Å². The lowest BCUT2D eigenvalue weighted by atomic mass is 10.0. The number of aryl methyl sites for hydroxylation is 2. The fraction of sp³-hybridized carbons (Fsp3) is 0.318. The van der Waals surface area contributed by atoms with Gasteiger partial charge in [0, 0.05) is 60.5 Å². The molecule has 4 heterocycles. The molecule has 0 radical (unpaired) electrons. The molecule has 29 heavy (non-hydrogen) atoms. The average molecular weight is 388 g/mol. The summed E-state index contributed by atoms with van der Waals surface area (Å²) in [5.41, 5.74) is 4.97. The highest BCUT2D eigenvalue weighted by molar-refractivity contribution is 5.92. The van der Waals surface area contributed by atoms with E-state index in [-0.39, 0.29) is 5.75 Å². The van der Waals surface area contributed by atoms with Crippen LogP contribution in [0.3, 0.4) is 0 Å². The smallest absolute Gasteiger partial charge is 0.130 e. The summed E-state index contributed by atoms with van der Waals surface area (Å²) in [7, 11) is 3.89. The third kappa shape index (κ3) is 2.98. The van der Waals surface area contributed by atoms with E-state index >= 15 is 0 Å². The standard InChI is InChI=1S/C22H24N6O/c1-13-21-15(11-27(3)26-21)7-18(22(13)29)20-8-19-14(9-24-20)6-17(10-25-19)28-5-4-16(12-28)23-2/h6-11,16,23,29H,4-5,12H2,1-3H3/t16-/m1/s1. The Labute approximate surface area is 169 Å². The lowest BCUT2D eigenvalue weighted by Gasteiger charge is -2.18. The summed E-state index contributed by atoms with van der Waals surface area (Å²) in [5, 5.41) is 20.5. The van der Waals surface area contributed by atoms with Gasteiger partial charge in [-0.3, -0.25) is 14.6 Å². The largest absolute Gasteiger partial charge is 0.507 e. The second-order valence-electron chi connectivity index (χ2n) is 7.81. The van der Waals surface area contributed by atoms with Gasteiger partial charge in [-0.05, 0) is 38.6 Å². The molecule has 0 saturated carbocycles. The molecule has 2 N–H and O–H groups in total. The average Bonchev–Trinajstić information content (AvgIpc) is 3.36. The molecule has 1 fully saturated rings. The molecule has 0 unspecified atom stereocenters. The highest BCUT2D eigenvalue weighted by Crippen LogP contribution is 2.36. The van der Waals surface area contributed by atoms with Crippen LogP contribution in [-0.4, -0.2) is 51.0 Å². The Morgan fingerprint density at radius 1 is 1.14 bits per heavy atom. The summed E-state index contributed by atoms with van der Waals surface area (Å²) in [6, 6.07) is 6.55. The van der Waals surface area contributed by atoms with Crippen LogP contribution in [0.1, 0.15) is 12.0 Å². The van der Waals surface area contributed by atoms with Gasteiger partial charge in [0.25, 0.3) is 0 Å².